The maximum Gasteiger partial charge on any atom is 0.333 e. The Bertz CT molecular complexity index is 669. The van der Waals surface area contributed by atoms with Crippen molar-refractivity contribution in [1.29, 1.82) is 0 Å². The number of piperazine rings is 1. The number of hydrogen-bond donors (Lipinski definition) is 2. The second-order valence-electron chi connectivity index (χ2n) is 9.01. The van der Waals surface area contributed by atoms with Gasteiger partial charge in [0.05, 0.1) is 0 Å². The van der Waals surface area contributed by atoms with E-state index in [9.17, 15) is 19.5 Å². The van der Waals surface area contributed by atoms with Crippen LogP contribution in [0, 0.1) is 0 Å². The first kappa shape index (κ1) is 27.3. The number of ether oxygens (including phenoxy) is 1. The Labute approximate surface area is 197 Å². The van der Waals surface area contributed by atoms with Crippen LogP contribution in [0.3, 0.4) is 0 Å². The largest absolute Gasteiger partial charge is 0.429 e. The van der Waals surface area contributed by atoms with Crippen LogP contribution < -0.4 is 5.32 Å². The zero-order chi connectivity index (χ0) is 24.1. The minimum atomic E-state index is -1.24. The number of unbranched alkanes of at least 4 members (excludes halogenated alkanes) is 8. The van der Waals surface area contributed by atoms with E-state index in [0.717, 1.165) is 19.3 Å². The summed E-state index contributed by atoms with van der Waals surface area (Å²) in [6.07, 6.45) is 11.3. The molecule has 0 aromatic heterocycles. The third kappa shape index (κ3) is 10.2. The number of cyclic esters (lactones) is 1. The van der Waals surface area contributed by atoms with E-state index < -0.39 is 18.3 Å². The SMILES string of the molecule is CCCCCCCCCCCC(=O)ON1CCN(C)CC1C(=O)NCCC1=CC(=O)OC1O. The van der Waals surface area contributed by atoms with Gasteiger partial charge in [0.2, 0.25) is 12.2 Å². The number of carbonyl (C=O) groups is 3. The number of aliphatic hydroxyl groups excluding tert-OH is 1. The number of hydroxylamine groups is 2. The summed E-state index contributed by atoms with van der Waals surface area (Å²) in [5.74, 6) is -1.13. The van der Waals surface area contributed by atoms with Gasteiger partial charge < -0.3 is 24.9 Å². The highest BCUT2D eigenvalue weighted by molar-refractivity contribution is 5.85. The standard InChI is InChI=1S/C24H41N3O6/c1-3-4-5-6-7-8-9-10-11-12-21(28)33-27-16-15-26(2)18-20(27)23(30)25-14-13-19-17-22(29)32-24(19)31/h17,20,24,31H,3-16,18H2,1-2H3,(H,25,30). The number of hydrogen-bond acceptors (Lipinski definition) is 8. The van der Waals surface area contributed by atoms with Crippen molar-refractivity contribution in [2.45, 2.75) is 89.9 Å². The predicted octanol–water partition coefficient (Wildman–Crippen LogP) is 2.29. The van der Waals surface area contributed by atoms with Crippen molar-refractivity contribution in [1.82, 2.24) is 15.3 Å². The average Bonchev–Trinajstić information content (AvgIpc) is 3.10. The van der Waals surface area contributed by atoms with Gasteiger partial charge in [0.25, 0.3) is 0 Å². The van der Waals surface area contributed by atoms with Crippen LogP contribution in [0.25, 0.3) is 0 Å². The minimum absolute atomic E-state index is 0.249. The molecule has 0 saturated carbocycles. The lowest BCUT2D eigenvalue weighted by molar-refractivity contribution is -0.211. The van der Waals surface area contributed by atoms with Crippen molar-refractivity contribution < 1.29 is 29.1 Å². The Morgan fingerprint density at radius 3 is 2.42 bits per heavy atom. The first-order valence-electron chi connectivity index (χ1n) is 12.4. The number of rotatable bonds is 15. The molecule has 0 aromatic rings. The fourth-order valence-electron chi connectivity index (χ4n) is 4.07. The molecule has 1 saturated heterocycles. The maximum atomic E-state index is 12.7. The Morgan fingerprint density at radius 2 is 1.79 bits per heavy atom. The van der Waals surface area contributed by atoms with Gasteiger partial charge in [0, 0.05) is 44.2 Å². The van der Waals surface area contributed by atoms with Gasteiger partial charge in [0.1, 0.15) is 6.04 Å². The molecule has 2 atom stereocenters. The smallest absolute Gasteiger partial charge is 0.333 e. The highest BCUT2D eigenvalue weighted by Gasteiger charge is 2.34. The average molecular weight is 468 g/mol. The quantitative estimate of drug-likeness (QED) is 0.279. The summed E-state index contributed by atoms with van der Waals surface area (Å²) in [4.78, 5) is 43.8. The Hall–Kier alpha value is -1.97. The van der Waals surface area contributed by atoms with E-state index in [1.807, 2.05) is 11.9 Å². The summed E-state index contributed by atoms with van der Waals surface area (Å²) in [6, 6.07) is -0.601. The van der Waals surface area contributed by atoms with E-state index in [4.69, 9.17) is 4.84 Å². The van der Waals surface area contributed by atoms with Gasteiger partial charge in [-0.1, -0.05) is 58.3 Å². The van der Waals surface area contributed by atoms with E-state index in [0.29, 0.717) is 38.0 Å². The lowest BCUT2D eigenvalue weighted by atomic mass is 10.1. The Kier molecular flexibility index (Phi) is 12.4. The molecule has 0 aromatic carbocycles. The number of nitrogens with one attached hydrogen (secondary N) is 1. The van der Waals surface area contributed by atoms with E-state index in [2.05, 4.69) is 17.0 Å². The number of carbonyl (C=O) groups excluding carboxylic acids is 3. The van der Waals surface area contributed by atoms with Gasteiger partial charge in [-0.25, -0.2) is 4.79 Å². The van der Waals surface area contributed by atoms with Crippen LogP contribution in [0.5, 0.6) is 0 Å². The second kappa shape index (κ2) is 15.0. The highest BCUT2D eigenvalue weighted by atomic mass is 16.7. The van der Waals surface area contributed by atoms with Crippen LogP contribution in [-0.4, -0.2) is 78.5 Å². The molecular weight excluding hydrogens is 426 g/mol. The van der Waals surface area contributed by atoms with Crippen molar-refractivity contribution in [2.24, 2.45) is 0 Å². The highest BCUT2D eigenvalue weighted by Crippen LogP contribution is 2.17. The lowest BCUT2D eigenvalue weighted by Crippen LogP contribution is -2.58. The molecule has 1 amide bonds. The Morgan fingerprint density at radius 1 is 1.12 bits per heavy atom. The molecule has 0 radical (unpaired) electrons. The molecular formula is C24H41N3O6. The molecule has 2 N–H and O–H groups in total. The number of likely N-dealkylation sites (N-methyl/N-ethyl adjacent to an activating group) is 1. The van der Waals surface area contributed by atoms with Gasteiger partial charge in [-0.3, -0.25) is 9.59 Å². The number of esters is 1. The lowest BCUT2D eigenvalue weighted by Gasteiger charge is -2.37. The second-order valence-corrected chi connectivity index (χ2v) is 9.01. The maximum absolute atomic E-state index is 12.7. The fraction of sp³-hybridized carbons (Fsp3) is 0.792. The van der Waals surface area contributed by atoms with Crippen LogP contribution in [0.1, 0.15) is 77.6 Å². The summed E-state index contributed by atoms with van der Waals surface area (Å²) in [5, 5.41) is 13.9. The molecule has 0 spiro atoms. The normalized spacial score (nSPS) is 21.5. The predicted molar refractivity (Wildman–Crippen MR) is 124 cm³/mol. The summed E-state index contributed by atoms with van der Waals surface area (Å²) in [6.45, 7) is 4.08. The summed E-state index contributed by atoms with van der Waals surface area (Å²) >= 11 is 0. The third-order valence-corrected chi connectivity index (χ3v) is 6.10. The first-order chi connectivity index (χ1) is 15.9. The number of nitrogens with zero attached hydrogens (tertiary/aromatic N) is 2. The third-order valence-electron chi connectivity index (χ3n) is 6.10. The molecule has 9 nitrogen and oxygen atoms in total. The molecule has 2 rings (SSSR count). The van der Waals surface area contributed by atoms with Gasteiger partial charge in [-0.05, 0) is 19.9 Å². The van der Waals surface area contributed by atoms with E-state index >= 15 is 0 Å². The molecule has 9 heteroatoms. The molecule has 33 heavy (non-hydrogen) atoms. The van der Waals surface area contributed by atoms with Gasteiger partial charge in [0.15, 0.2) is 0 Å². The summed E-state index contributed by atoms with van der Waals surface area (Å²) < 4.78 is 4.63. The Balaban J connectivity index is 1.67. The van der Waals surface area contributed by atoms with Gasteiger partial charge >= 0.3 is 11.9 Å². The summed E-state index contributed by atoms with van der Waals surface area (Å²) in [7, 11) is 1.92. The van der Waals surface area contributed by atoms with Gasteiger partial charge in [-0.15, -0.1) is 5.06 Å². The molecule has 0 bridgehead atoms. The first-order valence-corrected chi connectivity index (χ1v) is 12.4. The molecule has 188 valence electrons. The topological polar surface area (TPSA) is 108 Å². The number of amides is 1. The summed E-state index contributed by atoms with van der Waals surface area (Å²) in [5.41, 5.74) is 0.435. The van der Waals surface area contributed by atoms with E-state index in [1.54, 1.807) is 0 Å². The van der Waals surface area contributed by atoms with Gasteiger partial charge in [-0.2, -0.15) is 0 Å². The van der Waals surface area contributed by atoms with E-state index in [-0.39, 0.29) is 18.4 Å². The number of aliphatic hydroxyl groups is 1. The van der Waals surface area contributed by atoms with Crippen molar-refractivity contribution >= 4 is 17.8 Å². The minimum Gasteiger partial charge on any atom is -0.429 e. The molecule has 2 aliphatic rings. The molecule has 2 unspecified atom stereocenters. The van der Waals surface area contributed by atoms with Crippen molar-refractivity contribution in [3.8, 4) is 0 Å². The fourth-order valence-corrected chi connectivity index (χ4v) is 4.07. The van der Waals surface area contributed by atoms with Crippen molar-refractivity contribution in [3.05, 3.63) is 11.6 Å². The van der Waals surface area contributed by atoms with Crippen LogP contribution in [0.4, 0.5) is 0 Å². The van der Waals surface area contributed by atoms with Crippen molar-refractivity contribution in [3.63, 3.8) is 0 Å². The van der Waals surface area contributed by atoms with Crippen LogP contribution >= 0.6 is 0 Å². The zero-order valence-electron chi connectivity index (χ0n) is 20.2. The molecule has 1 fully saturated rings. The molecule has 2 heterocycles. The van der Waals surface area contributed by atoms with E-state index in [1.165, 1.54) is 49.7 Å². The van der Waals surface area contributed by atoms with Crippen LogP contribution in [-0.2, 0) is 24.0 Å². The van der Waals surface area contributed by atoms with Crippen LogP contribution in [0.15, 0.2) is 11.6 Å². The molecule has 2 aliphatic heterocycles. The monoisotopic (exact) mass is 467 g/mol. The molecule has 0 aliphatic carbocycles. The van der Waals surface area contributed by atoms with Crippen molar-refractivity contribution in [2.75, 3.05) is 33.2 Å². The zero-order valence-corrected chi connectivity index (χ0v) is 20.2. The van der Waals surface area contributed by atoms with Crippen LogP contribution in [0.2, 0.25) is 0 Å².